The smallest absolute Gasteiger partial charge is 0.250 e. The van der Waals surface area contributed by atoms with Gasteiger partial charge in [0.05, 0.1) is 0 Å². The van der Waals surface area contributed by atoms with E-state index < -0.39 is 10.0 Å². The van der Waals surface area contributed by atoms with Crippen molar-refractivity contribution < 1.29 is 8.42 Å². The summed E-state index contributed by atoms with van der Waals surface area (Å²) in [6.07, 6.45) is 6.02. The van der Waals surface area contributed by atoms with Crippen LogP contribution in [0.25, 0.3) is 0 Å². The van der Waals surface area contributed by atoms with E-state index in [1.165, 1.54) is 37.0 Å². The van der Waals surface area contributed by atoms with Gasteiger partial charge in [-0.25, -0.2) is 13.1 Å². The largest absolute Gasteiger partial charge is 0.326 e. The van der Waals surface area contributed by atoms with Crippen molar-refractivity contribution in [1.29, 1.82) is 0 Å². The number of hydrogen-bond acceptors (Lipinski definition) is 4. The predicted octanol–water partition coefficient (Wildman–Crippen LogP) is 2.70. The predicted molar refractivity (Wildman–Crippen MR) is 83.1 cm³/mol. The SMILES string of the molecule is CC1CCCC(CCNS(=O)(=O)c2cc(CN)cs2)C1. The first-order valence-corrected chi connectivity index (χ1v) is 9.64. The van der Waals surface area contributed by atoms with Crippen LogP contribution in [-0.4, -0.2) is 15.0 Å². The molecule has 1 aromatic rings. The molecule has 114 valence electrons. The molecule has 1 aliphatic carbocycles. The average molecular weight is 316 g/mol. The third kappa shape index (κ3) is 4.28. The van der Waals surface area contributed by atoms with Crippen molar-refractivity contribution in [3.05, 3.63) is 17.0 Å². The highest BCUT2D eigenvalue weighted by molar-refractivity contribution is 7.91. The van der Waals surface area contributed by atoms with Gasteiger partial charge < -0.3 is 5.73 Å². The Morgan fingerprint density at radius 3 is 2.90 bits per heavy atom. The second kappa shape index (κ2) is 7.02. The minimum atomic E-state index is -3.35. The number of sulfonamides is 1. The Morgan fingerprint density at radius 2 is 2.25 bits per heavy atom. The molecular weight excluding hydrogens is 292 g/mol. The molecule has 1 aliphatic rings. The Labute approximate surface area is 125 Å². The van der Waals surface area contributed by atoms with Gasteiger partial charge in [0.15, 0.2) is 0 Å². The van der Waals surface area contributed by atoms with E-state index in [9.17, 15) is 8.42 Å². The van der Waals surface area contributed by atoms with E-state index in [0.29, 0.717) is 23.2 Å². The van der Waals surface area contributed by atoms with Crippen molar-refractivity contribution in [2.24, 2.45) is 17.6 Å². The summed E-state index contributed by atoms with van der Waals surface area (Å²) in [5.41, 5.74) is 6.38. The lowest BCUT2D eigenvalue weighted by atomic mass is 9.81. The molecule has 0 saturated heterocycles. The normalized spacial score (nSPS) is 23.9. The van der Waals surface area contributed by atoms with E-state index in [1.807, 2.05) is 0 Å². The lowest BCUT2D eigenvalue weighted by Gasteiger charge is -2.26. The molecule has 1 heterocycles. The number of nitrogens with two attached hydrogens (primary N) is 1. The van der Waals surface area contributed by atoms with Gasteiger partial charge >= 0.3 is 0 Å². The minimum Gasteiger partial charge on any atom is -0.326 e. The van der Waals surface area contributed by atoms with Crippen LogP contribution >= 0.6 is 11.3 Å². The molecule has 3 N–H and O–H groups in total. The molecule has 2 unspecified atom stereocenters. The first-order valence-electron chi connectivity index (χ1n) is 7.28. The molecule has 0 amide bonds. The van der Waals surface area contributed by atoms with Crippen molar-refractivity contribution in [2.75, 3.05) is 6.54 Å². The van der Waals surface area contributed by atoms with Crippen LogP contribution in [0.2, 0.25) is 0 Å². The highest BCUT2D eigenvalue weighted by Crippen LogP contribution is 2.30. The lowest BCUT2D eigenvalue weighted by molar-refractivity contribution is 0.271. The van der Waals surface area contributed by atoms with Gasteiger partial charge in [-0.15, -0.1) is 11.3 Å². The van der Waals surface area contributed by atoms with Crippen molar-refractivity contribution in [1.82, 2.24) is 4.72 Å². The van der Waals surface area contributed by atoms with Crippen LogP contribution in [0.4, 0.5) is 0 Å². The summed E-state index contributed by atoms with van der Waals surface area (Å²) in [7, 11) is -3.35. The summed E-state index contributed by atoms with van der Waals surface area (Å²) >= 11 is 1.24. The Hall–Kier alpha value is -0.430. The third-order valence-corrected chi connectivity index (χ3v) is 6.97. The van der Waals surface area contributed by atoms with Crippen LogP contribution < -0.4 is 10.5 Å². The molecule has 1 fully saturated rings. The summed E-state index contributed by atoms with van der Waals surface area (Å²) in [5, 5.41) is 1.80. The molecule has 2 atom stereocenters. The van der Waals surface area contributed by atoms with Gasteiger partial charge in [-0.3, -0.25) is 0 Å². The molecule has 1 aromatic heterocycles. The standard InChI is InChI=1S/C14H24N2O2S2/c1-11-3-2-4-12(7-11)5-6-16-20(17,18)14-8-13(9-15)10-19-14/h8,10-12,16H,2-7,9,15H2,1H3. The highest BCUT2D eigenvalue weighted by atomic mass is 32.2. The molecule has 6 heteroatoms. The van der Waals surface area contributed by atoms with Gasteiger partial charge in [0, 0.05) is 13.1 Å². The second-order valence-corrected chi connectivity index (χ2v) is 8.71. The van der Waals surface area contributed by atoms with E-state index in [4.69, 9.17) is 5.73 Å². The van der Waals surface area contributed by atoms with Crippen LogP contribution in [0, 0.1) is 11.8 Å². The number of nitrogens with one attached hydrogen (secondary N) is 1. The molecular formula is C14H24N2O2S2. The molecule has 0 radical (unpaired) electrons. The third-order valence-electron chi connectivity index (χ3n) is 4.02. The topological polar surface area (TPSA) is 72.2 Å². The Kier molecular flexibility index (Phi) is 5.60. The lowest BCUT2D eigenvalue weighted by Crippen LogP contribution is -2.26. The van der Waals surface area contributed by atoms with Gasteiger partial charge in [-0.05, 0) is 41.7 Å². The molecule has 20 heavy (non-hydrogen) atoms. The van der Waals surface area contributed by atoms with Crippen LogP contribution in [0.15, 0.2) is 15.7 Å². The van der Waals surface area contributed by atoms with Crippen LogP contribution in [-0.2, 0) is 16.6 Å². The summed E-state index contributed by atoms with van der Waals surface area (Å²) in [6, 6.07) is 1.66. The van der Waals surface area contributed by atoms with Gasteiger partial charge in [0.1, 0.15) is 4.21 Å². The quantitative estimate of drug-likeness (QED) is 0.847. The number of hydrogen-bond donors (Lipinski definition) is 2. The first-order chi connectivity index (χ1) is 9.51. The van der Waals surface area contributed by atoms with Crippen LogP contribution in [0.3, 0.4) is 0 Å². The van der Waals surface area contributed by atoms with Crippen molar-refractivity contribution >= 4 is 21.4 Å². The Bertz CT molecular complexity index is 525. The van der Waals surface area contributed by atoms with Crippen molar-refractivity contribution in [3.8, 4) is 0 Å². The van der Waals surface area contributed by atoms with Crippen LogP contribution in [0.1, 0.15) is 44.6 Å². The second-order valence-electron chi connectivity index (χ2n) is 5.80. The fourth-order valence-electron chi connectivity index (χ4n) is 2.89. The molecule has 4 nitrogen and oxygen atoms in total. The zero-order valence-electron chi connectivity index (χ0n) is 12.0. The fraction of sp³-hybridized carbons (Fsp3) is 0.714. The van der Waals surface area contributed by atoms with Crippen molar-refractivity contribution in [2.45, 2.75) is 49.8 Å². The minimum absolute atomic E-state index is 0.370. The average Bonchev–Trinajstić information content (AvgIpc) is 2.88. The maximum absolute atomic E-state index is 12.1. The van der Waals surface area contributed by atoms with E-state index in [2.05, 4.69) is 11.6 Å². The zero-order chi connectivity index (χ0) is 14.6. The van der Waals surface area contributed by atoms with E-state index in [1.54, 1.807) is 11.4 Å². The summed E-state index contributed by atoms with van der Waals surface area (Å²) in [6.45, 7) is 3.21. The maximum atomic E-state index is 12.1. The van der Waals surface area contributed by atoms with Crippen LogP contribution in [0.5, 0.6) is 0 Å². The van der Waals surface area contributed by atoms with Gasteiger partial charge in [-0.1, -0.05) is 26.2 Å². The van der Waals surface area contributed by atoms with Gasteiger partial charge in [0.2, 0.25) is 10.0 Å². The van der Waals surface area contributed by atoms with Gasteiger partial charge in [0.25, 0.3) is 0 Å². The van der Waals surface area contributed by atoms with E-state index in [-0.39, 0.29) is 0 Å². The first kappa shape index (κ1) is 15.9. The number of thiophene rings is 1. The number of rotatable bonds is 6. The molecule has 0 aromatic carbocycles. The Balaban J connectivity index is 1.83. The summed E-state index contributed by atoms with van der Waals surface area (Å²) in [5.74, 6) is 1.46. The molecule has 2 rings (SSSR count). The molecule has 0 spiro atoms. The highest BCUT2D eigenvalue weighted by Gasteiger charge is 2.20. The molecule has 1 saturated carbocycles. The fourth-order valence-corrected chi connectivity index (χ4v) is 5.21. The zero-order valence-corrected chi connectivity index (χ0v) is 13.6. The van der Waals surface area contributed by atoms with E-state index in [0.717, 1.165) is 17.9 Å². The Morgan fingerprint density at radius 1 is 1.45 bits per heavy atom. The molecule has 0 bridgehead atoms. The van der Waals surface area contributed by atoms with E-state index >= 15 is 0 Å². The summed E-state index contributed by atoms with van der Waals surface area (Å²) in [4.78, 5) is 0. The van der Waals surface area contributed by atoms with Crippen molar-refractivity contribution in [3.63, 3.8) is 0 Å². The maximum Gasteiger partial charge on any atom is 0.250 e. The molecule has 0 aliphatic heterocycles. The summed E-state index contributed by atoms with van der Waals surface area (Å²) < 4.78 is 27.3. The monoisotopic (exact) mass is 316 g/mol. The van der Waals surface area contributed by atoms with Gasteiger partial charge in [-0.2, -0.15) is 0 Å².